The van der Waals surface area contributed by atoms with Gasteiger partial charge in [-0.1, -0.05) is 12.1 Å². The highest BCUT2D eigenvalue weighted by atomic mass is 32.2. The third-order valence-electron chi connectivity index (χ3n) is 8.10. The highest BCUT2D eigenvalue weighted by Gasteiger charge is 2.51. The number of carbonyl (C=O) groups excluding carboxylic acids is 2. The number of benzene rings is 1. The lowest BCUT2D eigenvalue weighted by Gasteiger charge is -2.55. The molecule has 4 aliphatic rings. The Balaban J connectivity index is 1.04. The van der Waals surface area contributed by atoms with Gasteiger partial charge in [-0.3, -0.25) is 14.5 Å². The van der Waals surface area contributed by atoms with Crippen LogP contribution in [0.25, 0.3) is 0 Å². The van der Waals surface area contributed by atoms with E-state index in [1.54, 1.807) is 0 Å². The van der Waals surface area contributed by atoms with Crippen molar-refractivity contribution in [2.24, 2.45) is 11.3 Å². The molecule has 3 aliphatic heterocycles. The zero-order chi connectivity index (χ0) is 25.8. The van der Waals surface area contributed by atoms with Gasteiger partial charge in [0.25, 0.3) is 9.84 Å². The predicted octanol–water partition coefficient (Wildman–Crippen LogP) is 2.09. The number of hydrogen-bond acceptors (Lipinski definition) is 6. The third-order valence-corrected chi connectivity index (χ3v) is 9.61. The number of rotatable bonds is 5. The number of nitrogens with zero attached hydrogens (tertiary/aromatic N) is 2. The Kier molecular flexibility index (Phi) is 6.36. The van der Waals surface area contributed by atoms with Gasteiger partial charge >= 0.3 is 5.51 Å². The van der Waals surface area contributed by atoms with Crippen LogP contribution in [0.2, 0.25) is 0 Å². The first-order valence-corrected chi connectivity index (χ1v) is 13.7. The van der Waals surface area contributed by atoms with Crippen molar-refractivity contribution in [1.29, 1.82) is 0 Å². The summed E-state index contributed by atoms with van der Waals surface area (Å²) in [4.78, 5) is 27.7. The van der Waals surface area contributed by atoms with Crippen LogP contribution in [0, 0.1) is 11.3 Å². The van der Waals surface area contributed by atoms with Crippen molar-refractivity contribution in [1.82, 2.24) is 15.1 Å². The first kappa shape index (κ1) is 25.5. The first-order chi connectivity index (χ1) is 16.9. The molecule has 1 aromatic carbocycles. The lowest BCUT2D eigenvalue weighted by molar-refractivity contribution is -0.151. The van der Waals surface area contributed by atoms with Gasteiger partial charge in [0.15, 0.2) is 0 Å². The SMILES string of the molecule is O=C1COCC2(CC(CC(=O)N3CC4(CCN(Cc5ccc(S(=O)(=O)C(F)(F)F)cc5)CC4)C3)C2)N1. The van der Waals surface area contributed by atoms with Gasteiger partial charge in [-0.05, 0) is 62.4 Å². The van der Waals surface area contributed by atoms with E-state index in [9.17, 15) is 31.2 Å². The number of nitrogens with one attached hydrogen (secondary N) is 1. The quantitative estimate of drug-likeness (QED) is 0.628. The molecule has 0 aromatic heterocycles. The molecule has 1 saturated carbocycles. The monoisotopic (exact) mass is 529 g/mol. The average Bonchev–Trinajstić information content (AvgIpc) is 2.77. The smallest absolute Gasteiger partial charge is 0.369 e. The van der Waals surface area contributed by atoms with Crippen LogP contribution in [-0.2, 0) is 30.7 Å². The van der Waals surface area contributed by atoms with Crippen molar-refractivity contribution >= 4 is 21.7 Å². The molecule has 0 atom stereocenters. The van der Waals surface area contributed by atoms with Gasteiger partial charge in [0, 0.05) is 31.5 Å². The molecule has 1 N–H and O–H groups in total. The molecular weight excluding hydrogens is 499 g/mol. The van der Waals surface area contributed by atoms with Crippen LogP contribution in [0.1, 0.15) is 37.7 Å². The summed E-state index contributed by atoms with van der Waals surface area (Å²) >= 11 is 0. The molecule has 4 fully saturated rings. The van der Waals surface area contributed by atoms with Crippen molar-refractivity contribution in [3.63, 3.8) is 0 Å². The van der Waals surface area contributed by atoms with E-state index < -0.39 is 20.2 Å². The summed E-state index contributed by atoms with van der Waals surface area (Å²) in [6.07, 6.45) is 3.93. The number of piperidine rings is 1. The van der Waals surface area contributed by atoms with E-state index in [-0.39, 0.29) is 35.3 Å². The summed E-state index contributed by atoms with van der Waals surface area (Å²) in [5.41, 5.74) is -4.70. The minimum Gasteiger partial charge on any atom is -0.369 e. The maximum Gasteiger partial charge on any atom is 0.501 e. The van der Waals surface area contributed by atoms with Crippen LogP contribution in [0.15, 0.2) is 29.2 Å². The van der Waals surface area contributed by atoms with Crippen molar-refractivity contribution in [3.05, 3.63) is 29.8 Å². The van der Waals surface area contributed by atoms with E-state index in [1.165, 1.54) is 12.1 Å². The van der Waals surface area contributed by atoms with E-state index in [1.807, 2.05) is 4.90 Å². The number of halogens is 3. The maximum absolute atomic E-state index is 12.7. The normalized spacial score (nSPS) is 28.5. The second-order valence-corrected chi connectivity index (χ2v) is 12.9. The third kappa shape index (κ3) is 4.87. The highest BCUT2D eigenvalue weighted by molar-refractivity contribution is 7.92. The maximum atomic E-state index is 12.7. The molecule has 5 rings (SSSR count). The molecule has 0 bridgehead atoms. The Morgan fingerprint density at radius 3 is 2.33 bits per heavy atom. The predicted molar refractivity (Wildman–Crippen MR) is 122 cm³/mol. The molecule has 2 spiro atoms. The molecule has 2 amide bonds. The molecule has 198 valence electrons. The summed E-state index contributed by atoms with van der Waals surface area (Å²) < 4.78 is 66.5. The molecule has 36 heavy (non-hydrogen) atoms. The zero-order valence-electron chi connectivity index (χ0n) is 19.8. The van der Waals surface area contributed by atoms with Gasteiger partial charge in [-0.15, -0.1) is 0 Å². The number of ether oxygens (including phenoxy) is 1. The Morgan fingerprint density at radius 1 is 1.11 bits per heavy atom. The Bertz CT molecular complexity index is 1120. The Hall–Kier alpha value is -2.18. The number of carbonyl (C=O) groups is 2. The number of morpholine rings is 1. The summed E-state index contributed by atoms with van der Waals surface area (Å²) in [5.74, 6) is 0.351. The second-order valence-electron chi connectivity index (χ2n) is 10.9. The van der Waals surface area contributed by atoms with E-state index in [0.29, 0.717) is 19.6 Å². The molecular formula is C24H30F3N3O5S. The van der Waals surface area contributed by atoms with E-state index >= 15 is 0 Å². The molecule has 12 heteroatoms. The van der Waals surface area contributed by atoms with E-state index in [4.69, 9.17) is 4.74 Å². The topological polar surface area (TPSA) is 96.0 Å². The summed E-state index contributed by atoms with van der Waals surface area (Å²) in [6.45, 7) is 4.29. The summed E-state index contributed by atoms with van der Waals surface area (Å²) in [6, 6.07) is 4.89. The molecule has 3 saturated heterocycles. The van der Waals surface area contributed by atoms with Crippen molar-refractivity contribution in [2.75, 3.05) is 39.4 Å². The molecule has 0 unspecified atom stereocenters. The number of alkyl halides is 3. The average molecular weight is 530 g/mol. The Morgan fingerprint density at radius 2 is 1.75 bits per heavy atom. The van der Waals surface area contributed by atoms with Crippen molar-refractivity contribution in [3.8, 4) is 0 Å². The van der Waals surface area contributed by atoms with Crippen LogP contribution in [0.3, 0.4) is 0 Å². The highest BCUT2D eigenvalue weighted by Crippen LogP contribution is 2.44. The van der Waals surface area contributed by atoms with Gasteiger partial charge in [-0.25, -0.2) is 8.42 Å². The largest absolute Gasteiger partial charge is 0.501 e. The fourth-order valence-electron chi connectivity index (χ4n) is 6.10. The van der Waals surface area contributed by atoms with Gasteiger partial charge in [0.05, 0.1) is 17.0 Å². The number of likely N-dealkylation sites (tertiary alicyclic amines) is 2. The van der Waals surface area contributed by atoms with Crippen LogP contribution in [0.4, 0.5) is 13.2 Å². The van der Waals surface area contributed by atoms with Crippen LogP contribution in [-0.4, -0.2) is 80.5 Å². The lowest BCUT2D eigenvalue weighted by Crippen LogP contribution is -2.65. The van der Waals surface area contributed by atoms with E-state index in [2.05, 4.69) is 10.2 Å². The van der Waals surface area contributed by atoms with E-state index in [0.717, 1.165) is 69.6 Å². The number of hydrogen-bond donors (Lipinski definition) is 1. The summed E-state index contributed by atoms with van der Waals surface area (Å²) in [5, 5.41) is 3.01. The molecule has 8 nitrogen and oxygen atoms in total. The van der Waals surface area contributed by atoms with Gasteiger partial charge < -0.3 is 15.0 Å². The zero-order valence-corrected chi connectivity index (χ0v) is 20.7. The summed E-state index contributed by atoms with van der Waals surface area (Å²) in [7, 11) is -5.33. The fraction of sp³-hybridized carbons (Fsp3) is 0.667. The number of sulfone groups is 1. The standard InChI is InChI=1S/C24H30F3N3O5S/c25-24(26,27)36(33,34)19-3-1-17(2-4-19)12-29-7-5-22(6-8-29)14-30(15-22)21(32)9-18-10-23(11-18)16-35-13-20(31)28-23/h1-4,18H,5-16H2,(H,28,31). The molecule has 1 aromatic rings. The van der Waals surface area contributed by atoms with Gasteiger partial charge in [-0.2, -0.15) is 13.2 Å². The molecule has 1 aliphatic carbocycles. The Labute approximate surface area is 208 Å². The van der Waals surface area contributed by atoms with Gasteiger partial charge in [0.2, 0.25) is 11.8 Å². The fourth-order valence-corrected chi connectivity index (χ4v) is 6.86. The number of amides is 2. The lowest BCUT2D eigenvalue weighted by atomic mass is 9.66. The van der Waals surface area contributed by atoms with Crippen LogP contribution >= 0.6 is 0 Å². The van der Waals surface area contributed by atoms with Crippen LogP contribution < -0.4 is 5.32 Å². The second kappa shape index (κ2) is 8.98. The molecule has 3 heterocycles. The minimum atomic E-state index is -5.33. The van der Waals surface area contributed by atoms with Crippen LogP contribution in [0.5, 0.6) is 0 Å². The van der Waals surface area contributed by atoms with Crippen molar-refractivity contribution in [2.45, 2.75) is 54.6 Å². The molecule has 0 radical (unpaired) electrons. The van der Waals surface area contributed by atoms with Gasteiger partial charge in [0.1, 0.15) is 6.61 Å². The minimum absolute atomic E-state index is 0.0894. The first-order valence-electron chi connectivity index (χ1n) is 12.2. The van der Waals surface area contributed by atoms with Crippen molar-refractivity contribution < 1.29 is 35.9 Å².